The maximum Gasteiger partial charge on any atom is 0.257 e. The number of amides is 1. The smallest absolute Gasteiger partial charge is 0.257 e. The van der Waals surface area contributed by atoms with Crippen LogP contribution in [-0.4, -0.2) is 39.6 Å². The molecule has 1 aliphatic heterocycles. The number of anilines is 2. The maximum absolute atomic E-state index is 14.5. The van der Waals surface area contributed by atoms with Crippen LogP contribution in [0, 0.1) is 12.7 Å². The average Bonchev–Trinajstić information content (AvgIpc) is 3.08. The van der Waals surface area contributed by atoms with Crippen LogP contribution in [0.25, 0.3) is 11.2 Å². The zero-order valence-corrected chi connectivity index (χ0v) is 20.5. The van der Waals surface area contributed by atoms with Gasteiger partial charge in [-0.3, -0.25) is 9.79 Å². The van der Waals surface area contributed by atoms with Gasteiger partial charge in [0.2, 0.25) is 0 Å². The molecule has 3 aromatic rings. The molecule has 3 heterocycles. The quantitative estimate of drug-likeness (QED) is 0.390. The van der Waals surface area contributed by atoms with Gasteiger partial charge in [0, 0.05) is 48.4 Å². The summed E-state index contributed by atoms with van der Waals surface area (Å²) in [6, 6.07) is 4.88. The molecule has 0 atom stereocenters. The Morgan fingerprint density at radius 2 is 2.03 bits per heavy atom. The van der Waals surface area contributed by atoms with Crippen molar-refractivity contribution < 1.29 is 9.18 Å². The number of nitrogens with one attached hydrogen (secondary N) is 2. The number of carbonyl (C=O) groups is 1. The summed E-state index contributed by atoms with van der Waals surface area (Å²) in [6.45, 7) is 10.4. The van der Waals surface area contributed by atoms with E-state index in [1.165, 1.54) is 6.07 Å². The monoisotopic (exact) mass is 462 g/mol. The highest BCUT2D eigenvalue weighted by molar-refractivity contribution is 6.11. The molecular formula is C26H31FN6O. The van der Waals surface area contributed by atoms with Crippen LogP contribution in [0.4, 0.5) is 15.8 Å². The molecule has 0 spiro atoms. The Labute approximate surface area is 199 Å². The van der Waals surface area contributed by atoms with Crippen LogP contribution in [-0.2, 0) is 0 Å². The van der Waals surface area contributed by atoms with Crippen molar-refractivity contribution in [3.05, 3.63) is 64.9 Å². The lowest BCUT2D eigenvalue weighted by Crippen LogP contribution is -2.53. The first-order valence-electron chi connectivity index (χ1n) is 11.2. The molecule has 1 aliphatic rings. The summed E-state index contributed by atoms with van der Waals surface area (Å²) >= 11 is 0. The minimum atomic E-state index is -0.518. The number of halogens is 1. The second-order valence-corrected chi connectivity index (χ2v) is 10.1. The maximum atomic E-state index is 14.5. The molecular weight excluding hydrogens is 431 g/mol. The molecule has 1 amide bonds. The van der Waals surface area contributed by atoms with E-state index < -0.39 is 11.7 Å². The minimum absolute atomic E-state index is 0.104. The van der Waals surface area contributed by atoms with Gasteiger partial charge in [0.1, 0.15) is 0 Å². The molecule has 0 fully saturated rings. The van der Waals surface area contributed by atoms with E-state index in [4.69, 9.17) is 5.73 Å². The molecule has 7 nitrogen and oxygen atoms in total. The first kappa shape index (κ1) is 23.6. The van der Waals surface area contributed by atoms with Crippen molar-refractivity contribution in [1.29, 1.82) is 0 Å². The van der Waals surface area contributed by atoms with Crippen LogP contribution in [0.5, 0.6) is 0 Å². The third-order valence-electron chi connectivity index (χ3n) is 5.85. The summed E-state index contributed by atoms with van der Waals surface area (Å²) in [5, 5.41) is 6.39. The Morgan fingerprint density at radius 3 is 2.71 bits per heavy atom. The number of hydrogen-bond acceptors (Lipinski definition) is 5. The van der Waals surface area contributed by atoms with E-state index in [0.29, 0.717) is 28.2 Å². The summed E-state index contributed by atoms with van der Waals surface area (Å²) in [5.41, 5.74) is 10.8. The largest absolute Gasteiger partial charge is 0.398 e. The van der Waals surface area contributed by atoms with Crippen molar-refractivity contribution in [2.45, 2.75) is 52.1 Å². The minimum Gasteiger partial charge on any atom is -0.398 e. The zero-order chi connectivity index (χ0) is 24.8. The van der Waals surface area contributed by atoms with Crippen molar-refractivity contribution in [2.24, 2.45) is 4.99 Å². The van der Waals surface area contributed by atoms with Crippen LogP contribution in [0.15, 0.2) is 41.7 Å². The fourth-order valence-corrected chi connectivity index (χ4v) is 4.92. The van der Waals surface area contributed by atoms with E-state index in [2.05, 4.69) is 54.4 Å². The number of aliphatic imine (C=N–C) groups is 1. The third-order valence-corrected chi connectivity index (χ3v) is 5.85. The van der Waals surface area contributed by atoms with Crippen LogP contribution in [0.1, 0.15) is 61.3 Å². The molecule has 4 N–H and O–H groups in total. The second-order valence-electron chi connectivity index (χ2n) is 10.1. The Balaban J connectivity index is 1.72. The fourth-order valence-electron chi connectivity index (χ4n) is 4.92. The van der Waals surface area contributed by atoms with Gasteiger partial charge < -0.3 is 20.8 Å². The third kappa shape index (κ3) is 4.59. The lowest BCUT2D eigenvalue weighted by molar-refractivity contribution is 0.102. The SMILES string of the molecule is CN=Cc1c(C2=CC(C)(C)NC(C)(C)C2)ccc(C(=O)Nc2cc(F)c3nc(C)cn3c2)c1N. The number of nitrogens with two attached hydrogens (primary N) is 1. The van der Waals surface area contributed by atoms with Gasteiger partial charge in [-0.2, -0.15) is 0 Å². The predicted molar refractivity (Wildman–Crippen MR) is 136 cm³/mol. The number of nitrogens with zero attached hydrogens (tertiary/aromatic N) is 3. The Kier molecular flexibility index (Phi) is 5.81. The van der Waals surface area contributed by atoms with Crippen LogP contribution < -0.4 is 16.4 Å². The van der Waals surface area contributed by atoms with E-state index in [0.717, 1.165) is 17.6 Å². The summed E-state index contributed by atoms with van der Waals surface area (Å²) < 4.78 is 16.0. The molecule has 34 heavy (non-hydrogen) atoms. The number of benzene rings is 1. The average molecular weight is 463 g/mol. The normalized spacial score (nSPS) is 17.2. The lowest BCUT2D eigenvalue weighted by Gasteiger charge is -2.41. The number of imidazole rings is 1. The lowest BCUT2D eigenvalue weighted by atomic mass is 9.79. The van der Waals surface area contributed by atoms with Crippen molar-refractivity contribution in [2.75, 3.05) is 18.1 Å². The van der Waals surface area contributed by atoms with Crippen molar-refractivity contribution in [3.8, 4) is 0 Å². The van der Waals surface area contributed by atoms with Gasteiger partial charge >= 0.3 is 0 Å². The topological polar surface area (TPSA) is 96.8 Å². The number of pyridine rings is 1. The van der Waals surface area contributed by atoms with Crippen LogP contribution in [0.2, 0.25) is 0 Å². The highest BCUT2D eigenvalue weighted by Gasteiger charge is 2.33. The van der Waals surface area contributed by atoms with Crippen LogP contribution >= 0.6 is 0 Å². The molecule has 4 rings (SSSR count). The summed E-state index contributed by atoms with van der Waals surface area (Å²) in [4.78, 5) is 21.5. The van der Waals surface area contributed by atoms with E-state index in [1.807, 2.05) is 6.07 Å². The number of carbonyl (C=O) groups excluding carboxylic acids is 1. The number of fused-ring (bicyclic) bond motifs is 1. The zero-order valence-electron chi connectivity index (χ0n) is 20.5. The van der Waals surface area contributed by atoms with E-state index in [9.17, 15) is 9.18 Å². The van der Waals surface area contributed by atoms with Crippen molar-refractivity contribution in [3.63, 3.8) is 0 Å². The summed E-state index contributed by atoms with van der Waals surface area (Å²) in [5.74, 6) is -0.943. The number of aromatic nitrogens is 2. The van der Waals surface area contributed by atoms with Crippen molar-refractivity contribution >= 4 is 34.7 Å². The van der Waals surface area contributed by atoms with Gasteiger partial charge in [0.15, 0.2) is 11.5 Å². The summed E-state index contributed by atoms with van der Waals surface area (Å²) in [7, 11) is 1.67. The number of nitrogen functional groups attached to an aromatic ring is 1. The first-order chi connectivity index (χ1) is 15.9. The standard InChI is InChI=1S/C26H31FN6O/c1-15-13-33-14-17(9-21(27)23(33)30-15)31-24(34)19-8-7-18(20(12-29-6)22(19)28)16-10-25(2,3)32-26(4,5)11-16/h7-10,12-14,32H,11,28H2,1-6H3,(H,31,34). The molecule has 1 aromatic carbocycles. The Bertz CT molecular complexity index is 1350. The molecule has 0 saturated heterocycles. The van der Waals surface area contributed by atoms with Gasteiger partial charge in [-0.1, -0.05) is 12.1 Å². The van der Waals surface area contributed by atoms with Crippen LogP contribution in [0.3, 0.4) is 0 Å². The number of aryl methyl sites for hydroxylation is 1. The number of rotatable bonds is 4. The molecule has 0 aliphatic carbocycles. The summed E-state index contributed by atoms with van der Waals surface area (Å²) in [6.07, 6.45) is 8.01. The van der Waals surface area contributed by atoms with Gasteiger partial charge in [-0.25, -0.2) is 9.37 Å². The van der Waals surface area contributed by atoms with Gasteiger partial charge in [-0.15, -0.1) is 0 Å². The van der Waals surface area contributed by atoms with E-state index in [-0.39, 0.29) is 16.7 Å². The molecule has 0 bridgehead atoms. The molecule has 0 radical (unpaired) electrons. The highest BCUT2D eigenvalue weighted by Crippen LogP contribution is 2.37. The molecule has 0 unspecified atom stereocenters. The fraction of sp³-hybridized carbons (Fsp3) is 0.346. The molecule has 0 saturated carbocycles. The van der Waals surface area contributed by atoms with Gasteiger partial charge in [-0.05, 0) is 58.2 Å². The van der Waals surface area contributed by atoms with Gasteiger partial charge in [0.25, 0.3) is 5.91 Å². The molecule has 8 heteroatoms. The Hall–Kier alpha value is -3.52. The van der Waals surface area contributed by atoms with Gasteiger partial charge in [0.05, 0.1) is 22.6 Å². The van der Waals surface area contributed by atoms with E-state index in [1.54, 1.807) is 43.0 Å². The molecule has 2 aromatic heterocycles. The highest BCUT2D eigenvalue weighted by atomic mass is 19.1. The predicted octanol–water partition coefficient (Wildman–Crippen LogP) is 4.60. The first-order valence-corrected chi connectivity index (χ1v) is 11.2. The van der Waals surface area contributed by atoms with Crippen molar-refractivity contribution in [1.82, 2.24) is 14.7 Å². The van der Waals surface area contributed by atoms with E-state index >= 15 is 0 Å². The number of hydrogen-bond donors (Lipinski definition) is 3. The second kappa shape index (κ2) is 8.36. The molecule has 178 valence electrons. The Morgan fingerprint density at radius 1 is 1.29 bits per heavy atom.